The Bertz CT molecular complexity index is 928. The van der Waals surface area contributed by atoms with Gasteiger partial charge in [0.25, 0.3) is 11.8 Å². The van der Waals surface area contributed by atoms with E-state index in [1.165, 1.54) is 23.5 Å². The molecular weight excluding hydrogens is 395 g/mol. The van der Waals surface area contributed by atoms with Crippen LogP contribution in [0.4, 0.5) is 10.1 Å². The minimum absolute atomic E-state index is 0.181. The molecule has 0 radical (unpaired) electrons. The predicted molar refractivity (Wildman–Crippen MR) is 113 cm³/mol. The number of thioether (sulfide) groups is 1. The fraction of sp³-hybridized carbons (Fsp3) is 0.143. The Morgan fingerprint density at radius 1 is 1.00 bits per heavy atom. The second-order valence-corrected chi connectivity index (χ2v) is 8.04. The van der Waals surface area contributed by atoms with Crippen molar-refractivity contribution in [2.45, 2.75) is 11.3 Å². The number of carbonyl (C=O) groups is 2. The van der Waals surface area contributed by atoms with E-state index in [0.717, 1.165) is 17.1 Å². The molecule has 0 aliphatic carbocycles. The van der Waals surface area contributed by atoms with E-state index < -0.39 is 0 Å². The molecule has 2 aromatic carbocycles. The smallest absolute Gasteiger partial charge is 0.265 e. The van der Waals surface area contributed by atoms with E-state index in [-0.39, 0.29) is 17.6 Å². The van der Waals surface area contributed by atoms with E-state index in [1.54, 1.807) is 54.2 Å². The molecule has 1 heterocycles. The van der Waals surface area contributed by atoms with Crippen molar-refractivity contribution in [2.75, 3.05) is 17.6 Å². The summed E-state index contributed by atoms with van der Waals surface area (Å²) in [6.07, 6.45) is 0.794. The number of benzene rings is 2. The lowest BCUT2D eigenvalue weighted by molar-refractivity contribution is 0.0952. The standard InChI is InChI=1S/C21H19FN2O2S2/c22-16-7-9-18(10-8-16)27-13-3-11-23-20(25)15-4-1-5-17(14-15)24-21(26)19-6-2-12-28-19/h1-2,4-10,12,14H,3,11,13H2,(H,23,25)(H,24,26). The first-order chi connectivity index (χ1) is 13.6. The fourth-order valence-corrected chi connectivity index (χ4v) is 3.91. The average Bonchev–Trinajstić information content (AvgIpc) is 3.24. The highest BCUT2D eigenvalue weighted by atomic mass is 32.2. The fourth-order valence-electron chi connectivity index (χ4n) is 2.44. The Hall–Kier alpha value is -2.64. The molecule has 0 aliphatic heterocycles. The Kier molecular flexibility index (Phi) is 7.22. The van der Waals surface area contributed by atoms with Crippen LogP contribution in [0.1, 0.15) is 26.5 Å². The van der Waals surface area contributed by atoms with Gasteiger partial charge in [-0.05, 0) is 66.1 Å². The Balaban J connectivity index is 1.44. The maximum atomic E-state index is 12.9. The van der Waals surface area contributed by atoms with Gasteiger partial charge in [0.15, 0.2) is 0 Å². The van der Waals surface area contributed by atoms with Gasteiger partial charge in [-0.15, -0.1) is 23.1 Å². The highest BCUT2D eigenvalue weighted by molar-refractivity contribution is 7.99. The second-order valence-electron chi connectivity index (χ2n) is 5.92. The zero-order valence-corrected chi connectivity index (χ0v) is 16.6. The summed E-state index contributed by atoms with van der Waals surface area (Å²) in [5.74, 6) is 0.206. The first-order valence-electron chi connectivity index (χ1n) is 8.73. The van der Waals surface area contributed by atoms with Gasteiger partial charge < -0.3 is 10.6 Å². The van der Waals surface area contributed by atoms with E-state index in [2.05, 4.69) is 10.6 Å². The summed E-state index contributed by atoms with van der Waals surface area (Å²) in [5.41, 5.74) is 1.08. The SMILES string of the molecule is O=C(NCCCSc1ccc(F)cc1)c1cccc(NC(=O)c2cccs2)c1. The largest absolute Gasteiger partial charge is 0.352 e. The molecule has 4 nitrogen and oxygen atoms in total. The normalized spacial score (nSPS) is 10.5. The number of rotatable bonds is 8. The van der Waals surface area contributed by atoms with E-state index in [4.69, 9.17) is 0 Å². The lowest BCUT2D eigenvalue weighted by Crippen LogP contribution is -2.25. The summed E-state index contributed by atoms with van der Waals surface area (Å²) in [7, 11) is 0. The molecule has 3 rings (SSSR count). The quantitative estimate of drug-likeness (QED) is 0.400. The summed E-state index contributed by atoms with van der Waals surface area (Å²) < 4.78 is 12.9. The predicted octanol–water partition coefficient (Wildman–Crippen LogP) is 5.05. The van der Waals surface area contributed by atoms with Crippen molar-refractivity contribution in [3.05, 3.63) is 82.3 Å². The number of nitrogens with one attached hydrogen (secondary N) is 2. The maximum absolute atomic E-state index is 12.9. The third-order valence-corrected chi connectivity index (χ3v) is 5.78. The van der Waals surface area contributed by atoms with Gasteiger partial charge in [0, 0.05) is 22.7 Å². The molecule has 28 heavy (non-hydrogen) atoms. The minimum Gasteiger partial charge on any atom is -0.352 e. The molecule has 0 saturated heterocycles. The van der Waals surface area contributed by atoms with Crippen molar-refractivity contribution < 1.29 is 14.0 Å². The molecule has 0 bridgehead atoms. The molecule has 0 fully saturated rings. The zero-order chi connectivity index (χ0) is 19.8. The van der Waals surface area contributed by atoms with E-state index >= 15 is 0 Å². The third kappa shape index (κ3) is 5.94. The average molecular weight is 415 g/mol. The van der Waals surface area contributed by atoms with Crippen LogP contribution in [-0.2, 0) is 0 Å². The molecule has 144 valence electrons. The molecule has 0 saturated carbocycles. The van der Waals surface area contributed by atoms with Crippen molar-refractivity contribution >= 4 is 40.6 Å². The van der Waals surface area contributed by atoms with Crippen LogP contribution in [0, 0.1) is 5.82 Å². The van der Waals surface area contributed by atoms with Gasteiger partial charge in [-0.25, -0.2) is 4.39 Å². The molecule has 7 heteroatoms. The zero-order valence-electron chi connectivity index (χ0n) is 15.0. The van der Waals surface area contributed by atoms with Crippen LogP contribution in [0.25, 0.3) is 0 Å². The highest BCUT2D eigenvalue weighted by Gasteiger charge is 2.09. The van der Waals surface area contributed by atoms with E-state index in [0.29, 0.717) is 22.7 Å². The number of thiophene rings is 1. The highest BCUT2D eigenvalue weighted by Crippen LogP contribution is 2.19. The molecule has 2 N–H and O–H groups in total. The van der Waals surface area contributed by atoms with E-state index in [1.807, 2.05) is 11.4 Å². The van der Waals surface area contributed by atoms with Gasteiger partial charge in [0.1, 0.15) is 5.82 Å². The molecule has 1 aromatic heterocycles. The van der Waals surface area contributed by atoms with Crippen molar-refractivity contribution in [1.82, 2.24) is 5.32 Å². The van der Waals surface area contributed by atoms with E-state index in [9.17, 15) is 14.0 Å². The molecule has 2 amide bonds. The lowest BCUT2D eigenvalue weighted by Gasteiger charge is -2.08. The molecule has 0 spiro atoms. The number of anilines is 1. The summed E-state index contributed by atoms with van der Waals surface area (Å²) in [4.78, 5) is 26.0. The molecular formula is C21H19FN2O2S2. The number of hydrogen-bond donors (Lipinski definition) is 2. The number of hydrogen-bond acceptors (Lipinski definition) is 4. The second kappa shape index (κ2) is 10.1. The Labute approximate surface area is 171 Å². The van der Waals surface area contributed by atoms with Crippen LogP contribution >= 0.6 is 23.1 Å². The van der Waals surface area contributed by atoms with Crippen LogP contribution in [-0.4, -0.2) is 24.1 Å². The first-order valence-corrected chi connectivity index (χ1v) is 10.6. The van der Waals surface area contributed by atoms with Crippen molar-refractivity contribution in [3.63, 3.8) is 0 Å². The summed E-state index contributed by atoms with van der Waals surface area (Å²) in [6.45, 7) is 0.540. The van der Waals surface area contributed by atoms with Gasteiger partial charge in [0.05, 0.1) is 4.88 Å². The number of amides is 2. The Morgan fingerprint density at radius 2 is 1.82 bits per heavy atom. The van der Waals surface area contributed by atoms with Gasteiger partial charge in [-0.3, -0.25) is 9.59 Å². The van der Waals surface area contributed by atoms with Gasteiger partial charge in [0.2, 0.25) is 0 Å². The minimum atomic E-state index is -0.245. The molecule has 0 unspecified atom stereocenters. The van der Waals surface area contributed by atoms with Crippen molar-refractivity contribution in [2.24, 2.45) is 0 Å². The Morgan fingerprint density at radius 3 is 2.57 bits per heavy atom. The topological polar surface area (TPSA) is 58.2 Å². The van der Waals surface area contributed by atoms with Gasteiger partial charge >= 0.3 is 0 Å². The molecule has 0 aliphatic rings. The first kappa shape index (κ1) is 20.1. The molecule has 3 aromatic rings. The third-order valence-electron chi connectivity index (χ3n) is 3.82. The maximum Gasteiger partial charge on any atom is 0.265 e. The lowest BCUT2D eigenvalue weighted by atomic mass is 10.2. The number of carbonyl (C=O) groups excluding carboxylic acids is 2. The van der Waals surface area contributed by atoms with Crippen LogP contribution in [0.3, 0.4) is 0 Å². The van der Waals surface area contributed by atoms with Crippen molar-refractivity contribution in [1.29, 1.82) is 0 Å². The van der Waals surface area contributed by atoms with Gasteiger partial charge in [-0.2, -0.15) is 0 Å². The summed E-state index contributed by atoms with van der Waals surface area (Å²) >= 11 is 2.98. The molecule has 0 atom stereocenters. The monoisotopic (exact) mass is 414 g/mol. The van der Waals surface area contributed by atoms with Crippen LogP contribution in [0.2, 0.25) is 0 Å². The van der Waals surface area contributed by atoms with Crippen LogP contribution < -0.4 is 10.6 Å². The summed E-state index contributed by atoms with van der Waals surface area (Å²) in [6, 6.07) is 16.8. The van der Waals surface area contributed by atoms with Crippen LogP contribution in [0.15, 0.2) is 70.9 Å². The van der Waals surface area contributed by atoms with Crippen LogP contribution in [0.5, 0.6) is 0 Å². The van der Waals surface area contributed by atoms with Gasteiger partial charge in [-0.1, -0.05) is 12.1 Å². The number of halogens is 1. The van der Waals surface area contributed by atoms with Crippen molar-refractivity contribution in [3.8, 4) is 0 Å². The summed E-state index contributed by atoms with van der Waals surface area (Å²) in [5, 5.41) is 7.52.